The van der Waals surface area contributed by atoms with Crippen molar-refractivity contribution in [2.24, 2.45) is 0 Å². The Bertz CT molecular complexity index is 383. The minimum Gasteiger partial charge on any atom is -0.396 e. The lowest BCUT2D eigenvalue weighted by Crippen LogP contribution is -2.37. The van der Waals surface area contributed by atoms with Crippen molar-refractivity contribution in [2.75, 3.05) is 37.8 Å². The predicted octanol–water partition coefficient (Wildman–Crippen LogP) is 0.165. The molecular weight excluding hydrogens is 216 g/mol. The molecule has 2 rings (SSSR count). The normalized spacial score (nSPS) is 24.6. The lowest BCUT2D eigenvalue weighted by molar-refractivity contribution is 0.191. The number of nitrogens with zero attached hydrogens (tertiary/aromatic N) is 3. The van der Waals surface area contributed by atoms with Crippen LogP contribution < -0.4 is 10.6 Å². The number of β-amino-alcohol motifs (C(OH)–C–C–N with tert-alkyl or cyclic N) is 1. The number of hydrogen-bond acceptors (Lipinski definition) is 5. The minimum atomic E-state index is -0.271. The van der Waals surface area contributed by atoms with Crippen LogP contribution in [0.5, 0.6) is 0 Å². The summed E-state index contributed by atoms with van der Waals surface area (Å²) in [4.78, 5) is 8.31. The van der Waals surface area contributed by atoms with Crippen molar-refractivity contribution in [3.8, 4) is 0 Å². The molecule has 0 saturated carbocycles. The molecule has 0 bridgehead atoms. The van der Waals surface area contributed by atoms with Crippen LogP contribution in [0.15, 0.2) is 18.5 Å². The largest absolute Gasteiger partial charge is 0.396 e. The number of anilines is 2. The summed E-state index contributed by atoms with van der Waals surface area (Å²) in [6.07, 6.45) is 3.92. The van der Waals surface area contributed by atoms with Crippen molar-refractivity contribution in [2.45, 2.75) is 18.6 Å². The van der Waals surface area contributed by atoms with Crippen molar-refractivity contribution in [3.63, 3.8) is 0 Å². The van der Waals surface area contributed by atoms with Crippen LogP contribution in [0.4, 0.5) is 11.4 Å². The number of aliphatic hydroxyl groups is 1. The number of aromatic nitrogens is 1. The van der Waals surface area contributed by atoms with E-state index >= 15 is 0 Å². The Morgan fingerprint density at radius 1 is 1.59 bits per heavy atom. The molecular formula is C12H20N4O. The first-order chi connectivity index (χ1) is 8.08. The third-order valence-electron chi connectivity index (χ3n) is 3.11. The SMILES string of the molecule is CN(C)CC1CC(O)CN1c1ccncc1N. The number of hydrogen-bond donors (Lipinski definition) is 2. The molecule has 2 atom stereocenters. The first kappa shape index (κ1) is 12.1. The van der Waals surface area contributed by atoms with E-state index in [-0.39, 0.29) is 6.10 Å². The molecule has 3 N–H and O–H groups in total. The van der Waals surface area contributed by atoms with E-state index in [2.05, 4.69) is 14.8 Å². The van der Waals surface area contributed by atoms with E-state index in [1.807, 2.05) is 20.2 Å². The number of likely N-dealkylation sites (N-methyl/N-ethyl adjacent to an activating group) is 1. The first-order valence-electron chi connectivity index (χ1n) is 5.87. The third kappa shape index (κ3) is 2.68. The Morgan fingerprint density at radius 3 is 3.00 bits per heavy atom. The second-order valence-electron chi connectivity index (χ2n) is 4.89. The van der Waals surface area contributed by atoms with Crippen LogP contribution in [0.2, 0.25) is 0 Å². The lowest BCUT2D eigenvalue weighted by Gasteiger charge is -2.29. The van der Waals surface area contributed by atoms with Gasteiger partial charge in [-0.05, 0) is 26.6 Å². The van der Waals surface area contributed by atoms with Gasteiger partial charge in [-0.2, -0.15) is 0 Å². The van der Waals surface area contributed by atoms with Crippen LogP contribution >= 0.6 is 0 Å². The van der Waals surface area contributed by atoms with E-state index in [4.69, 9.17) is 5.73 Å². The second kappa shape index (κ2) is 4.89. The van der Waals surface area contributed by atoms with E-state index in [0.29, 0.717) is 18.3 Å². The van der Waals surface area contributed by atoms with Crippen LogP contribution in [-0.4, -0.2) is 54.3 Å². The van der Waals surface area contributed by atoms with E-state index in [1.165, 1.54) is 0 Å². The Kier molecular flexibility index (Phi) is 3.49. The van der Waals surface area contributed by atoms with Gasteiger partial charge < -0.3 is 20.6 Å². The standard InChI is InChI=1S/C12H20N4O/c1-15(2)7-9-5-10(17)8-16(9)12-3-4-14-6-11(12)13/h3-4,6,9-10,17H,5,7-8,13H2,1-2H3. The molecule has 1 aliphatic rings. The number of pyridine rings is 1. The van der Waals surface area contributed by atoms with Gasteiger partial charge in [-0.1, -0.05) is 0 Å². The maximum Gasteiger partial charge on any atom is 0.0738 e. The van der Waals surface area contributed by atoms with Gasteiger partial charge in [0.15, 0.2) is 0 Å². The average molecular weight is 236 g/mol. The molecule has 1 fully saturated rings. The maximum absolute atomic E-state index is 9.82. The molecule has 0 amide bonds. The quantitative estimate of drug-likeness (QED) is 0.783. The molecule has 94 valence electrons. The lowest BCUT2D eigenvalue weighted by atomic mass is 10.2. The van der Waals surface area contributed by atoms with Gasteiger partial charge in [0, 0.05) is 25.3 Å². The van der Waals surface area contributed by atoms with Crippen molar-refractivity contribution in [3.05, 3.63) is 18.5 Å². The van der Waals surface area contributed by atoms with Gasteiger partial charge in [-0.3, -0.25) is 4.98 Å². The topological polar surface area (TPSA) is 65.6 Å². The maximum atomic E-state index is 9.82. The van der Waals surface area contributed by atoms with Gasteiger partial charge in [-0.25, -0.2) is 0 Å². The second-order valence-corrected chi connectivity index (χ2v) is 4.89. The molecule has 2 heterocycles. The van der Waals surface area contributed by atoms with Gasteiger partial charge in [-0.15, -0.1) is 0 Å². The molecule has 1 aromatic heterocycles. The fourth-order valence-electron chi connectivity index (χ4n) is 2.44. The van der Waals surface area contributed by atoms with Crippen LogP contribution in [0.1, 0.15) is 6.42 Å². The molecule has 0 radical (unpaired) electrons. The molecule has 1 saturated heterocycles. The van der Waals surface area contributed by atoms with Gasteiger partial charge in [0.2, 0.25) is 0 Å². The first-order valence-corrected chi connectivity index (χ1v) is 5.87. The summed E-state index contributed by atoms with van der Waals surface area (Å²) in [6, 6.07) is 2.22. The highest BCUT2D eigenvalue weighted by Crippen LogP contribution is 2.29. The summed E-state index contributed by atoms with van der Waals surface area (Å²) in [5.41, 5.74) is 7.59. The molecule has 17 heavy (non-hydrogen) atoms. The monoisotopic (exact) mass is 236 g/mol. The molecule has 5 nitrogen and oxygen atoms in total. The average Bonchev–Trinajstić information content (AvgIpc) is 2.59. The van der Waals surface area contributed by atoms with E-state index < -0.39 is 0 Å². The Morgan fingerprint density at radius 2 is 2.35 bits per heavy atom. The van der Waals surface area contributed by atoms with Crippen molar-refractivity contribution < 1.29 is 5.11 Å². The van der Waals surface area contributed by atoms with Crippen molar-refractivity contribution in [1.29, 1.82) is 0 Å². The summed E-state index contributed by atoms with van der Waals surface area (Å²) in [6.45, 7) is 1.56. The smallest absolute Gasteiger partial charge is 0.0738 e. The summed E-state index contributed by atoms with van der Waals surface area (Å²) in [7, 11) is 4.08. The Balaban J connectivity index is 2.21. The van der Waals surface area contributed by atoms with Crippen LogP contribution in [0.25, 0.3) is 0 Å². The van der Waals surface area contributed by atoms with Crippen LogP contribution in [-0.2, 0) is 0 Å². The molecule has 5 heteroatoms. The Labute approximate surface area is 102 Å². The highest BCUT2D eigenvalue weighted by atomic mass is 16.3. The summed E-state index contributed by atoms with van der Waals surface area (Å²) in [5, 5.41) is 9.82. The Hall–Kier alpha value is -1.33. The van der Waals surface area contributed by atoms with Gasteiger partial charge in [0.1, 0.15) is 0 Å². The fraction of sp³-hybridized carbons (Fsp3) is 0.583. The van der Waals surface area contributed by atoms with Crippen LogP contribution in [0, 0.1) is 0 Å². The molecule has 0 aromatic carbocycles. The van der Waals surface area contributed by atoms with Gasteiger partial charge in [0.25, 0.3) is 0 Å². The van der Waals surface area contributed by atoms with Gasteiger partial charge >= 0.3 is 0 Å². The van der Waals surface area contributed by atoms with E-state index in [0.717, 1.165) is 18.7 Å². The van der Waals surface area contributed by atoms with Crippen molar-refractivity contribution >= 4 is 11.4 Å². The van der Waals surface area contributed by atoms with E-state index in [9.17, 15) is 5.11 Å². The number of nitrogens with two attached hydrogens (primary N) is 1. The third-order valence-corrected chi connectivity index (χ3v) is 3.11. The zero-order chi connectivity index (χ0) is 12.4. The minimum absolute atomic E-state index is 0.271. The number of rotatable bonds is 3. The molecule has 1 aromatic rings. The van der Waals surface area contributed by atoms with Crippen molar-refractivity contribution in [1.82, 2.24) is 9.88 Å². The highest BCUT2D eigenvalue weighted by Gasteiger charge is 2.32. The predicted molar refractivity (Wildman–Crippen MR) is 69.0 cm³/mol. The zero-order valence-electron chi connectivity index (χ0n) is 10.4. The fourth-order valence-corrected chi connectivity index (χ4v) is 2.44. The highest BCUT2D eigenvalue weighted by molar-refractivity contribution is 5.67. The molecule has 0 spiro atoms. The zero-order valence-corrected chi connectivity index (χ0v) is 10.4. The summed E-state index contributed by atoms with van der Waals surface area (Å²) in [5.74, 6) is 0. The number of nitrogen functional groups attached to an aromatic ring is 1. The van der Waals surface area contributed by atoms with E-state index in [1.54, 1.807) is 12.4 Å². The van der Waals surface area contributed by atoms with Crippen LogP contribution in [0.3, 0.4) is 0 Å². The molecule has 0 aliphatic carbocycles. The summed E-state index contributed by atoms with van der Waals surface area (Å²) >= 11 is 0. The molecule has 2 unspecified atom stereocenters. The van der Waals surface area contributed by atoms with Gasteiger partial charge in [0.05, 0.1) is 23.7 Å². The number of aliphatic hydroxyl groups excluding tert-OH is 1. The molecule has 1 aliphatic heterocycles. The summed E-state index contributed by atoms with van der Waals surface area (Å²) < 4.78 is 0.